The lowest BCUT2D eigenvalue weighted by Crippen LogP contribution is -2.13. The number of hydrogen-bond acceptors (Lipinski definition) is 4. The number of amides is 1. The molecule has 0 aliphatic carbocycles. The van der Waals surface area contributed by atoms with Crippen LogP contribution in [0.3, 0.4) is 0 Å². The molecular formula is C27H17F3N6O. The van der Waals surface area contributed by atoms with Gasteiger partial charge in [-0.15, -0.1) is 0 Å². The fraction of sp³-hybridized carbons (Fsp3) is 0.0370. The van der Waals surface area contributed by atoms with Crippen molar-refractivity contribution in [3.05, 3.63) is 103 Å². The quantitative estimate of drug-likeness (QED) is 0.303. The van der Waals surface area contributed by atoms with Gasteiger partial charge in [0.1, 0.15) is 11.3 Å². The predicted octanol–water partition coefficient (Wildman–Crippen LogP) is 6.21. The van der Waals surface area contributed by atoms with Gasteiger partial charge in [-0.05, 0) is 59.7 Å². The lowest BCUT2D eigenvalue weighted by molar-refractivity contribution is -0.137. The van der Waals surface area contributed by atoms with E-state index in [1.807, 2.05) is 28.7 Å². The molecule has 37 heavy (non-hydrogen) atoms. The number of carbonyl (C=O) groups is 1. The van der Waals surface area contributed by atoms with Crippen molar-refractivity contribution in [1.82, 2.24) is 24.3 Å². The first-order valence-corrected chi connectivity index (χ1v) is 11.2. The first-order valence-electron chi connectivity index (χ1n) is 11.2. The van der Waals surface area contributed by atoms with Crippen molar-refractivity contribution in [3.63, 3.8) is 0 Å². The van der Waals surface area contributed by atoms with Crippen LogP contribution in [0.2, 0.25) is 0 Å². The third-order valence-electron chi connectivity index (χ3n) is 5.94. The van der Waals surface area contributed by atoms with Crippen LogP contribution in [0.5, 0.6) is 0 Å². The summed E-state index contributed by atoms with van der Waals surface area (Å²) in [6.45, 7) is 0. The van der Waals surface area contributed by atoms with Crippen LogP contribution in [0.1, 0.15) is 16.1 Å². The number of fused-ring (bicyclic) bond motifs is 2. The van der Waals surface area contributed by atoms with Crippen LogP contribution in [0.4, 0.5) is 19.1 Å². The van der Waals surface area contributed by atoms with E-state index in [2.05, 4.69) is 25.3 Å². The Hall–Kier alpha value is -4.99. The van der Waals surface area contributed by atoms with Gasteiger partial charge in [-0.2, -0.15) is 13.2 Å². The normalized spacial score (nSPS) is 11.8. The molecule has 2 N–H and O–H groups in total. The fourth-order valence-corrected chi connectivity index (χ4v) is 4.17. The van der Waals surface area contributed by atoms with Gasteiger partial charge in [-0.1, -0.05) is 24.3 Å². The molecule has 0 aliphatic heterocycles. The maximum atomic E-state index is 13.1. The van der Waals surface area contributed by atoms with Crippen molar-refractivity contribution in [2.75, 3.05) is 5.32 Å². The van der Waals surface area contributed by atoms with Gasteiger partial charge in [-0.25, -0.2) is 9.97 Å². The highest BCUT2D eigenvalue weighted by Gasteiger charge is 2.30. The number of halogens is 3. The van der Waals surface area contributed by atoms with Gasteiger partial charge in [0.15, 0.2) is 0 Å². The zero-order valence-electron chi connectivity index (χ0n) is 19.0. The highest BCUT2D eigenvalue weighted by atomic mass is 19.4. The Bertz CT molecular complexity index is 1770. The minimum absolute atomic E-state index is 0.201. The number of benzene rings is 2. The molecule has 0 radical (unpaired) electrons. The molecule has 6 rings (SSSR count). The topological polar surface area (TPSA) is 88.0 Å². The predicted molar refractivity (Wildman–Crippen MR) is 133 cm³/mol. The van der Waals surface area contributed by atoms with Gasteiger partial charge in [-0.3, -0.25) is 19.5 Å². The van der Waals surface area contributed by atoms with Crippen molar-refractivity contribution in [3.8, 4) is 22.4 Å². The Morgan fingerprint density at radius 1 is 0.865 bits per heavy atom. The number of imidazole rings is 2. The first-order chi connectivity index (χ1) is 17.8. The van der Waals surface area contributed by atoms with Crippen molar-refractivity contribution in [2.45, 2.75) is 6.18 Å². The number of alkyl halides is 3. The number of rotatable bonds is 4. The fourth-order valence-electron chi connectivity index (χ4n) is 4.17. The van der Waals surface area contributed by atoms with Crippen LogP contribution in [0, 0.1) is 0 Å². The smallest absolute Gasteiger partial charge is 0.324 e. The molecule has 0 aliphatic rings. The number of nitrogens with zero attached hydrogens (tertiary/aromatic N) is 4. The third-order valence-corrected chi connectivity index (χ3v) is 5.94. The minimum Gasteiger partial charge on any atom is -0.324 e. The number of H-pyrrole nitrogens is 1. The van der Waals surface area contributed by atoms with E-state index in [1.54, 1.807) is 48.9 Å². The van der Waals surface area contributed by atoms with Crippen LogP contribution < -0.4 is 5.32 Å². The lowest BCUT2D eigenvalue weighted by Gasteiger charge is -2.08. The van der Waals surface area contributed by atoms with Crippen LogP contribution in [-0.2, 0) is 6.18 Å². The van der Waals surface area contributed by atoms with E-state index < -0.39 is 17.6 Å². The Morgan fingerprint density at radius 2 is 1.65 bits per heavy atom. The maximum absolute atomic E-state index is 13.1. The largest absolute Gasteiger partial charge is 0.416 e. The molecule has 4 heterocycles. The molecule has 4 aromatic heterocycles. The Morgan fingerprint density at radius 3 is 2.46 bits per heavy atom. The Kier molecular flexibility index (Phi) is 5.22. The zero-order chi connectivity index (χ0) is 25.6. The standard InChI is InChI=1S/C27H17F3N6O/c28-27(29,30)19-4-1-3-17(13-19)18-7-8-20-21(14-18)34-26(33-20)35-25(37)22-15-36-23(5-2-6-24(36)32-22)16-9-11-31-12-10-16/h1-15H,(H2,33,34,35,37). The maximum Gasteiger partial charge on any atom is 0.416 e. The molecule has 0 saturated carbocycles. The molecular weight excluding hydrogens is 481 g/mol. The van der Waals surface area contributed by atoms with Gasteiger partial charge in [0.2, 0.25) is 5.95 Å². The monoisotopic (exact) mass is 498 g/mol. The summed E-state index contributed by atoms with van der Waals surface area (Å²) in [6.07, 6.45) is 0.604. The Labute approximate surface area is 207 Å². The average Bonchev–Trinajstić information content (AvgIpc) is 3.52. The van der Waals surface area contributed by atoms with Gasteiger partial charge in [0.05, 0.1) is 22.3 Å². The number of aromatic nitrogens is 5. The molecule has 0 saturated heterocycles. The van der Waals surface area contributed by atoms with Gasteiger partial charge >= 0.3 is 6.18 Å². The van der Waals surface area contributed by atoms with Gasteiger partial charge in [0.25, 0.3) is 5.91 Å². The summed E-state index contributed by atoms with van der Waals surface area (Å²) in [4.78, 5) is 28.9. The highest BCUT2D eigenvalue weighted by Crippen LogP contribution is 2.33. The number of aromatic amines is 1. The number of hydrogen-bond donors (Lipinski definition) is 2. The van der Waals surface area contributed by atoms with Crippen molar-refractivity contribution >= 4 is 28.5 Å². The SMILES string of the molecule is O=C(Nc1nc2cc(-c3cccc(C(F)(F)F)c3)ccc2[nH]1)c1cn2c(-c3ccncc3)cccc2n1. The van der Waals surface area contributed by atoms with E-state index in [1.165, 1.54) is 6.07 Å². The van der Waals surface area contributed by atoms with Crippen LogP contribution in [0.25, 0.3) is 39.1 Å². The van der Waals surface area contributed by atoms with E-state index in [9.17, 15) is 18.0 Å². The zero-order valence-corrected chi connectivity index (χ0v) is 19.0. The van der Waals surface area contributed by atoms with Crippen LogP contribution >= 0.6 is 0 Å². The summed E-state index contributed by atoms with van der Waals surface area (Å²) in [5, 5.41) is 2.72. The summed E-state index contributed by atoms with van der Waals surface area (Å²) in [5.41, 5.74) is 3.99. The molecule has 2 aromatic carbocycles. The summed E-state index contributed by atoms with van der Waals surface area (Å²) in [7, 11) is 0. The molecule has 0 fully saturated rings. The highest BCUT2D eigenvalue weighted by molar-refractivity contribution is 6.03. The molecule has 0 unspecified atom stereocenters. The molecule has 0 spiro atoms. The van der Waals surface area contributed by atoms with E-state index >= 15 is 0 Å². The molecule has 10 heteroatoms. The second kappa shape index (κ2) is 8.59. The van der Waals surface area contributed by atoms with Gasteiger partial charge in [0, 0.05) is 24.2 Å². The van der Waals surface area contributed by atoms with E-state index in [0.717, 1.165) is 23.4 Å². The van der Waals surface area contributed by atoms with Crippen LogP contribution in [0.15, 0.2) is 91.4 Å². The van der Waals surface area contributed by atoms with Crippen molar-refractivity contribution < 1.29 is 18.0 Å². The summed E-state index contributed by atoms with van der Waals surface area (Å²) in [5.74, 6) is -0.255. The summed E-state index contributed by atoms with van der Waals surface area (Å²) < 4.78 is 41.2. The van der Waals surface area contributed by atoms with Crippen molar-refractivity contribution in [1.29, 1.82) is 0 Å². The number of anilines is 1. The van der Waals surface area contributed by atoms with Crippen LogP contribution in [-0.4, -0.2) is 30.2 Å². The molecule has 1 amide bonds. The molecule has 0 bridgehead atoms. The Balaban J connectivity index is 1.28. The molecule has 0 atom stereocenters. The number of nitrogens with one attached hydrogen (secondary N) is 2. The molecule has 182 valence electrons. The van der Waals surface area contributed by atoms with E-state index in [-0.39, 0.29) is 11.6 Å². The van der Waals surface area contributed by atoms with E-state index in [4.69, 9.17) is 0 Å². The second-order valence-corrected chi connectivity index (χ2v) is 8.35. The summed E-state index contributed by atoms with van der Waals surface area (Å²) in [6, 6.07) is 19.5. The van der Waals surface area contributed by atoms with Gasteiger partial charge < -0.3 is 4.98 Å². The lowest BCUT2D eigenvalue weighted by atomic mass is 10.0. The minimum atomic E-state index is -4.43. The number of pyridine rings is 2. The average molecular weight is 498 g/mol. The molecule has 6 aromatic rings. The third kappa shape index (κ3) is 4.29. The number of carbonyl (C=O) groups excluding carboxylic acids is 1. The summed E-state index contributed by atoms with van der Waals surface area (Å²) >= 11 is 0. The second-order valence-electron chi connectivity index (χ2n) is 8.35. The first kappa shape index (κ1) is 22.5. The molecule has 7 nitrogen and oxygen atoms in total. The van der Waals surface area contributed by atoms with Crippen molar-refractivity contribution in [2.24, 2.45) is 0 Å². The van der Waals surface area contributed by atoms with E-state index in [0.29, 0.717) is 27.8 Å².